The predicted octanol–water partition coefficient (Wildman–Crippen LogP) is 5.26. The number of carbonyl (C=O) groups is 1. The zero-order valence-corrected chi connectivity index (χ0v) is 17.7. The molecule has 3 heterocycles. The van der Waals surface area contributed by atoms with Crippen LogP contribution >= 0.6 is 0 Å². The third kappa shape index (κ3) is 4.39. The first-order valence-corrected chi connectivity index (χ1v) is 10.8. The number of rotatable bonds is 4. The number of para-hydroxylation sites is 1. The highest BCUT2D eigenvalue weighted by atomic mass is 19.1. The largest absolute Gasteiger partial charge is 0.487 e. The first kappa shape index (κ1) is 21.0. The third-order valence-corrected chi connectivity index (χ3v) is 5.84. The molecule has 0 unspecified atom stereocenters. The maximum atomic E-state index is 13.9. The minimum atomic E-state index is -0.722. The molecule has 166 valence electrons. The monoisotopic (exact) mass is 445 g/mol. The van der Waals surface area contributed by atoms with E-state index in [0.29, 0.717) is 37.2 Å². The fraction of sp³-hybridized carbons (Fsp3) is 0.192. The summed E-state index contributed by atoms with van der Waals surface area (Å²) < 4.78 is 32.8. The van der Waals surface area contributed by atoms with Crippen LogP contribution in [0.15, 0.2) is 73.1 Å². The smallest absolute Gasteiger partial charge is 0.254 e. The van der Waals surface area contributed by atoms with Crippen molar-refractivity contribution < 1.29 is 18.3 Å². The van der Waals surface area contributed by atoms with Crippen molar-refractivity contribution in [2.75, 3.05) is 13.1 Å². The van der Waals surface area contributed by atoms with Gasteiger partial charge in [0.25, 0.3) is 5.91 Å². The predicted molar refractivity (Wildman–Crippen MR) is 121 cm³/mol. The van der Waals surface area contributed by atoms with Gasteiger partial charge in [0, 0.05) is 55.3 Å². The minimum absolute atomic E-state index is 0.0308. The lowest BCUT2D eigenvalue weighted by Gasteiger charge is -2.32. The minimum Gasteiger partial charge on any atom is -0.487 e. The zero-order chi connectivity index (χ0) is 22.8. The van der Waals surface area contributed by atoms with Crippen molar-refractivity contribution >= 4 is 16.8 Å². The second-order valence-corrected chi connectivity index (χ2v) is 7.99. The Balaban J connectivity index is 1.36. The summed E-state index contributed by atoms with van der Waals surface area (Å²) in [5.41, 5.74) is 2.94. The summed E-state index contributed by atoms with van der Waals surface area (Å²) in [5, 5.41) is 0.798. The molecular weight excluding hydrogens is 424 g/mol. The number of hydrogen-bond acceptors (Lipinski definition) is 4. The molecule has 0 atom stereocenters. The molecule has 4 aromatic rings. The van der Waals surface area contributed by atoms with E-state index in [9.17, 15) is 13.6 Å². The summed E-state index contributed by atoms with van der Waals surface area (Å²) in [6, 6.07) is 16.4. The number of pyridine rings is 2. The van der Waals surface area contributed by atoms with Crippen molar-refractivity contribution in [3.63, 3.8) is 0 Å². The molecule has 0 bridgehead atoms. The van der Waals surface area contributed by atoms with Crippen LogP contribution in [0.2, 0.25) is 0 Å². The van der Waals surface area contributed by atoms with Gasteiger partial charge in [-0.15, -0.1) is 0 Å². The molecule has 0 spiro atoms. The average Bonchev–Trinajstić information content (AvgIpc) is 2.85. The van der Waals surface area contributed by atoms with Crippen LogP contribution in [0.5, 0.6) is 5.75 Å². The van der Waals surface area contributed by atoms with Crippen LogP contribution < -0.4 is 4.74 Å². The number of benzene rings is 2. The van der Waals surface area contributed by atoms with E-state index >= 15 is 0 Å². The number of fused-ring (bicyclic) bond motifs is 1. The molecule has 0 N–H and O–H groups in total. The van der Waals surface area contributed by atoms with Crippen LogP contribution in [0.1, 0.15) is 23.2 Å². The standard InChI is InChI=1S/C26H21F2N3O2/c27-18-5-6-25(22(28)15-18)33-19-9-13-31(14-10-19)26(32)21-16-24(17-7-11-29-12-8-17)30-23-4-2-1-3-20(21)23/h1-8,11-12,15-16,19H,9-10,13-14H2. The summed E-state index contributed by atoms with van der Waals surface area (Å²) in [6.45, 7) is 0.959. The number of ether oxygens (including phenoxy) is 1. The van der Waals surface area contributed by atoms with Crippen LogP contribution in [-0.4, -0.2) is 40.0 Å². The van der Waals surface area contributed by atoms with Crippen molar-refractivity contribution in [3.8, 4) is 17.0 Å². The Hall–Kier alpha value is -3.87. The number of hydrogen-bond donors (Lipinski definition) is 0. The SMILES string of the molecule is O=C(c1cc(-c2ccncc2)nc2ccccc12)N1CCC(Oc2ccc(F)cc2F)CC1. The first-order valence-electron chi connectivity index (χ1n) is 10.8. The lowest BCUT2D eigenvalue weighted by molar-refractivity contribution is 0.0590. The summed E-state index contributed by atoms with van der Waals surface area (Å²) in [7, 11) is 0. The number of nitrogens with zero attached hydrogens (tertiary/aromatic N) is 3. The van der Waals surface area contributed by atoms with E-state index in [1.165, 1.54) is 12.1 Å². The van der Waals surface area contributed by atoms with E-state index in [-0.39, 0.29) is 17.8 Å². The normalized spacial score (nSPS) is 14.4. The Morgan fingerprint density at radius 3 is 2.48 bits per heavy atom. The van der Waals surface area contributed by atoms with Crippen molar-refractivity contribution in [3.05, 3.63) is 90.3 Å². The van der Waals surface area contributed by atoms with Crippen molar-refractivity contribution in [2.45, 2.75) is 18.9 Å². The molecule has 1 amide bonds. The van der Waals surface area contributed by atoms with Gasteiger partial charge < -0.3 is 9.64 Å². The van der Waals surface area contributed by atoms with E-state index in [1.54, 1.807) is 17.3 Å². The first-order chi connectivity index (χ1) is 16.1. The second kappa shape index (κ2) is 8.94. The Kier molecular flexibility index (Phi) is 5.69. The highest BCUT2D eigenvalue weighted by Crippen LogP contribution is 2.28. The number of likely N-dealkylation sites (tertiary alicyclic amines) is 1. The van der Waals surface area contributed by atoms with Crippen LogP contribution in [0.25, 0.3) is 22.2 Å². The summed E-state index contributed by atoms with van der Waals surface area (Å²) in [5.74, 6) is -1.41. The van der Waals surface area contributed by atoms with Gasteiger partial charge in [0.05, 0.1) is 16.8 Å². The summed E-state index contributed by atoms with van der Waals surface area (Å²) in [6.07, 6.45) is 4.27. The molecule has 7 heteroatoms. The Bertz CT molecular complexity index is 1310. The van der Waals surface area contributed by atoms with E-state index in [0.717, 1.165) is 22.5 Å². The van der Waals surface area contributed by atoms with Gasteiger partial charge in [0.1, 0.15) is 11.9 Å². The van der Waals surface area contributed by atoms with Gasteiger partial charge in [-0.3, -0.25) is 9.78 Å². The van der Waals surface area contributed by atoms with E-state index in [4.69, 9.17) is 9.72 Å². The number of halogens is 2. The Morgan fingerprint density at radius 2 is 1.73 bits per heavy atom. The van der Waals surface area contributed by atoms with Crippen LogP contribution in [0.4, 0.5) is 8.78 Å². The van der Waals surface area contributed by atoms with Crippen LogP contribution in [0.3, 0.4) is 0 Å². The van der Waals surface area contributed by atoms with Crippen molar-refractivity contribution in [2.24, 2.45) is 0 Å². The summed E-state index contributed by atoms with van der Waals surface area (Å²) in [4.78, 5) is 24.1. The van der Waals surface area contributed by atoms with E-state index in [1.807, 2.05) is 42.5 Å². The van der Waals surface area contributed by atoms with Gasteiger partial charge in [0.15, 0.2) is 11.6 Å². The second-order valence-electron chi connectivity index (χ2n) is 7.99. The van der Waals surface area contributed by atoms with Gasteiger partial charge in [-0.1, -0.05) is 18.2 Å². The number of amides is 1. The number of aromatic nitrogens is 2. The molecule has 5 nitrogen and oxygen atoms in total. The highest BCUT2D eigenvalue weighted by Gasteiger charge is 2.27. The molecular formula is C26H21F2N3O2. The van der Waals surface area contributed by atoms with Gasteiger partial charge in [0.2, 0.25) is 0 Å². The van der Waals surface area contributed by atoms with Gasteiger partial charge in [-0.25, -0.2) is 13.8 Å². The fourth-order valence-corrected chi connectivity index (χ4v) is 4.12. The molecule has 0 radical (unpaired) electrons. The van der Waals surface area contributed by atoms with Crippen molar-refractivity contribution in [1.29, 1.82) is 0 Å². The molecule has 1 saturated heterocycles. The topological polar surface area (TPSA) is 55.3 Å². The number of piperidine rings is 1. The average molecular weight is 445 g/mol. The van der Waals surface area contributed by atoms with E-state index < -0.39 is 11.6 Å². The molecule has 1 aliphatic rings. The lowest BCUT2D eigenvalue weighted by Crippen LogP contribution is -2.42. The Labute approximate surface area is 189 Å². The van der Waals surface area contributed by atoms with Gasteiger partial charge in [-0.05, 0) is 36.4 Å². The zero-order valence-electron chi connectivity index (χ0n) is 17.7. The molecule has 2 aromatic heterocycles. The fourth-order valence-electron chi connectivity index (χ4n) is 4.12. The van der Waals surface area contributed by atoms with E-state index in [2.05, 4.69) is 4.98 Å². The maximum absolute atomic E-state index is 13.9. The molecule has 2 aromatic carbocycles. The van der Waals surface area contributed by atoms with Crippen LogP contribution in [-0.2, 0) is 0 Å². The quantitative estimate of drug-likeness (QED) is 0.430. The number of carbonyl (C=O) groups excluding carboxylic acids is 1. The third-order valence-electron chi connectivity index (χ3n) is 5.84. The molecule has 0 saturated carbocycles. The van der Waals surface area contributed by atoms with Crippen molar-refractivity contribution in [1.82, 2.24) is 14.9 Å². The molecule has 33 heavy (non-hydrogen) atoms. The molecule has 5 rings (SSSR count). The Morgan fingerprint density at radius 1 is 0.970 bits per heavy atom. The maximum Gasteiger partial charge on any atom is 0.254 e. The van der Waals surface area contributed by atoms with Crippen LogP contribution in [0, 0.1) is 11.6 Å². The lowest BCUT2D eigenvalue weighted by atomic mass is 10.0. The van der Waals surface area contributed by atoms with Gasteiger partial charge in [-0.2, -0.15) is 0 Å². The highest BCUT2D eigenvalue weighted by molar-refractivity contribution is 6.07. The molecule has 0 aliphatic carbocycles. The molecule has 1 aliphatic heterocycles. The summed E-state index contributed by atoms with van der Waals surface area (Å²) >= 11 is 0. The van der Waals surface area contributed by atoms with Gasteiger partial charge >= 0.3 is 0 Å². The molecule has 1 fully saturated rings.